The Balaban J connectivity index is 3.22. The van der Waals surface area contributed by atoms with Crippen LogP contribution < -0.4 is 5.84 Å². The van der Waals surface area contributed by atoms with Gasteiger partial charge in [-0.15, -0.1) is 11.8 Å². The van der Waals surface area contributed by atoms with Crippen LogP contribution in [0, 0.1) is 0 Å². The van der Waals surface area contributed by atoms with E-state index in [-0.39, 0.29) is 0 Å². The molecule has 0 aromatic heterocycles. The Hall–Kier alpha value is -0.180. The van der Waals surface area contributed by atoms with Crippen molar-refractivity contribution in [2.45, 2.75) is 6.92 Å². The van der Waals surface area contributed by atoms with Gasteiger partial charge in [0.1, 0.15) is 0 Å². The second-order valence-electron chi connectivity index (χ2n) is 0.852. The van der Waals surface area contributed by atoms with Gasteiger partial charge >= 0.3 is 0 Å². The summed E-state index contributed by atoms with van der Waals surface area (Å²) >= 11 is 1.55. The number of rotatable bonds is 0. The van der Waals surface area contributed by atoms with E-state index >= 15 is 0 Å². The summed E-state index contributed by atoms with van der Waals surface area (Å²) in [7, 11) is 0. The smallest absolute Gasteiger partial charge is 0.0895 e. The first-order chi connectivity index (χ1) is 2.81. The van der Waals surface area contributed by atoms with E-state index in [1.54, 1.807) is 11.8 Å². The number of hydrogen-bond donors (Lipinski definition) is 1. The molecule has 0 spiro atoms. The highest BCUT2D eigenvalue weighted by Gasteiger charge is 1.76. The van der Waals surface area contributed by atoms with Crippen molar-refractivity contribution in [1.82, 2.24) is 0 Å². The zero-order valence-corrected chi connectivity index (χ0v) is 4.75. The average Bonchev–Trinajstić information content (AvgIpc) is 1.65. The maximum absolute atomic E-state index is 4.85. The van der Waals surface area contributed by atoms with Crippen molar-refractivity contribution in [2.75, 3.05) is 6.26 Å². The molecule has 0 saturated carbocycles. The molecule has 0 aliphatic rings. The number of thioether (sulfide) groups is 1. The Bertz CT molecular complexity index is 59.8. The molecule has 6 heavy (non-hydrogen) atoms. The number of hydrazone groups is 1. The van der Waals surface area contributed by atoms with Gasteiger partial charge in [0.25, 0.3) is 0 Å². The van der Waals surface area contributed by atoms with E-state index in [9.17, 15) is 0 Å². The molecule has 2 N–H and O–H groups in total. The van der Waals surface area contributed by atoms with E-state index in [0.29, 0.717) is 0 Å². The van der Waals surface area contributed by atoms with Crippen molar-refractivity contribution in [1.29, 1.82) is 0 Å². The summed E-state index contributed by atoms with van der Waals surface area (Å²) in [6, 6.07) is 0. The molecule has 0 unspecified atom stereocenters. The lowest BCUT2D eigenvalue weighted by Gasteiger charge is -1.83. The normalized spacial score (nSPS) is 12.0. The monoisotopic (exact) mass is 104 g/mol. The van der Waals surface area contributed by atoms with E-state index in [0.717, 1.165) is 5.04 Å². The zero-order chi connectivity index (χ0) is 4.99. The first kappa shape index (κ1) is 5.82. The molecule has 0 rings (SSSR count). The molecule has 0 amide bonds. The molecular formula is C3H8N2S. The second kappa shape index (κ2) is 3.03. The lowest BCUT2D eigenvalue weighted by molar-refractivity contribution is 1.26. The molecule has 0 aromatic rings. The second-order valence-corrected chi connectivity index (χ2v) is 1.85. The largest absolute Gasteiger partial charge is 0.323 e. The third-order valence-corrected chi connectivity index (χ3v) is 1.17. The van der Waals surface area contributed by atoms with Gasteiger partial charge in [-0.3, -0.25) is 0 Å². The number of hydrogen-bond acceptors (Lipinski definition) is 3. The Morgan fingerprint density at radius 1 is 1.83 bits per heavy atom. The summed E-state index contributed by atoms with van der Waals surface area (Å²) in [5.41, 5.74) is 0. The summed E-state index contributed by atoms with van der Waals surface area (Å²) in [6.07, 6.45) is 1.94. The molecule has 36 valence electrons. The quantitative estimate of drug-likeness (QED) is 0.212. The maximum atomic E-state index is 4.85. The van der Waals surface area contributed by atoms with Crippen LogP contribution in [0.25, 0.3) is 0 Å². The summed E-state index contributed by atoms with van der Waals surface area (Å²) in [5, 5.41) is 4.30. The van der Waals surface area contributed by atoms with Gasteiger partial charge in [-0.05, 0) is 13.2 Å². The summed E-state index contributed by atoms with van der Waals surface area (Å²) in [5.74, 6) is 4.85. The van der Waals surface area contributed by atoms with Crippen LogP contribution in [0.1, 0.15) is 6.92 Å². The van der Waals surface area contributed by atoms with Crippen LogP contribution in [0.3, 0.4) is 0 Å². The van der Waals surface area contributed by atoms with Crippen LogP contribution in [-0.2, 0) is 0 Å². The lowest BCUT2D eigenvalue weighted by atomic mass is 10.9. The number of nitrogens with two attached hydrogens (primary N) is 1. The topological polar surface area (TPSA) is 38.4 Å². The molecule has 0 aromatic carbocycles. The molecule has 0 atom stereocenters. The fourth-order valence-electron chi connectivity index (χ4n) is 0.0527. The van der Waals surface area contributed by atoms with E-state index in [1.165, 1.54) is 0 Å². The first-order valence-electron chi connectivity index (χ1n) is 1.59. The fraction of sp³-hybridized carbons (Fsp3) is 0.667. The first-order valence-corrected chi connectivity index (χ1v) is 2.82. The number of nitrogens with zero attached hydrogens (tertiary/aromatic N) is 1. The van der Waals surface area contributed by atoms with Gasteiger partial charge in [-0.25, -0.2) is 0 Å². The molecule has 0 aliphatic heterocycles. The van der Waals surface area contributed by atoms with Crippen LogP contribution in [0.2, 0.25) is 0 Å². The molecule has 2 nitrogen and oxygen atoms in total. The average molecular weight is 104 g/mol. The van der Waals surface area contributed by atoms with Crippen molar-refractivity contribution in [3.05, 3.63) is 0 Å². The molecule has 0 aliphatic carbocycles. The third kappa shape index (κ3) is 2.08. The summed E-state index contributed by atoms with van der Waals surface area (Å²) in [4.78, 5) is 0. The summed E-state index contributed by atoms with van der Waals surface area (Å²) in [6.45, 7) is 1.87. The van der Waals surface area contributed by atoms with Gasteiger partial charge in [0.15, 0.2) is 0 Å². The van der Waals surface area contributed by atoms with E-state index in [2.05, 4.69) is 5.10 Å². The predicted molar refractivity (Wildman–Crippen MR) is 30.8 cm³/mol. The highest BCUT2D eigenvalue weighted by Crippen LogP contribution is 1.91. The molecule has 3 heteroatoms. The van der Waals surface area contributed by atoms with Crippen molar-refractivity contribution in [3.8, 4) is 0 Å². The van der Waals surface area contributed by atoms with Gasteiger partial charge < -0.3 is 5.84 Å². The van der Waals surface area contributed by atoms with Crippen molar-refractivity contribution >= 4 is 16.8 Å². The van der Waals surface area contributed by atoms with E-state index in [1.807, 2.05) is 13.2 Å². The molecular weight excluding hydrogens is 96.1 g/mol. The Morgan fingerprint density at radius 2 is 2.33 bits per heavy atom. The predicted octanol–water partition coefficient (Wildman–Crippen LogP) is 0.642. The Labute approximate surface area is 41.8 Å². The van der Waals surface area contributed by atoms with Crippen LogP contribution >= 0.6 is 11.8 Å². The highest BCUT2D eigenvalue weighted by molar-refractivity contribution is 8.13. The molecule has 0 fully saturated rings. The van der Waals surface area contributed by atoms with Gasteiger partial charge in [0.2, 0.25) is 0 Å². The van der Waals surface area contributed by atoms with Crippen LogP contribution in [-0.4, -0.2) is 11.3 Å². The fourth-order valence-corrected chi connectivity index (χ4v) is 0.158. The molecule has 0 heterocycles. The minimum Gasteiger partial charge on any atom is -0.323 e. The minimum atomic E-state index is 0.912. The standard InChI is InChI=1S/C3H8N2S/c1-3(5-4)6-2/h4H2,1-2H3/b5-3+. The zero-order valence-electron chi connectivity index (χ0n) is 3.93. The Morgan fingerprint density at radius 3 is 2.33 bits per heavy atom. The van der Waals surface area contributed by atoms with E-state index in [4.69, 9.17) is 5.84 Å². The van der Waals surface area contributed by atoms with Gasteiger partial charge in [-0.1, -0.05) is 0 Å². The molecule has 0 bridgehead atoms. The van der Waals surface area contributed by atoms with Gasteiger partial charge in [0, 0.05) is 0 Å². The molecule has 0 saturated heterocycles. The van der Waals surface area contributed by atoms with Crippen molar-refractivity contribution in [3.63, 3.8) is 0 Å². The highest BCUT2D eigenvalue weighted by atomic mass is 32.2. The van der Waals surface area contributed by atoms with Crippen LogP contribution in [0.4, 0.5) is 0 Å². The van der Waals surface area contributed by atoms with E-state index < -0.39 is 0 Å². The minimum absolute atomic E-state index is 0.912. The van der Waals surface area contributed by atoms with Crippen molar-refractivity contribution < 1.29 is 0 Å². The SMILES string of the molecule is CS/C(C)=N/N. The van der Waals surface area contributed by atoms with Gasteiger partial charge in [0.05, 0.1) is 5.04 Å². The van der Waals surface area contributed by atoms with Crippen LogP contribution in [0.5, 0.6) is 0 Å². The Kier molecular flexibility index (Phi) is 2.94. The van der Waals surface area contributed by atoms with Gasteiger partial charge in [-0.2, -0.15) is 5.10 Å². The third-order valence-electron chi connectivity index (χ3n) is 0.477. The maximum Gasteiger partial charge on any atom is 0.0895 e. The lowest BCUT2D eigenvalue weighted by Crippen LogP contribution is -1.87. The summed E-state index contributed by atoms with van der Waals surface area (Å²) < 4.78 is 0. The molecule has 0 radical (unpaired) electrons. The van der Waals surface area contributed by atoms with Crippen LogP contribution in [0.15, 0.2) is 5.10 Å². The van der Waals surface area contributed by atoms with Crippen molar-refractivity contribution in [2.24, 2.45) is 10.9 Å².